The van der Waals surface area contributed by atoms with E-state index in [1.54, 1.807) is 0 Å². The lowest BCUT2D eigenvalue weighted by Crippen LogP contribution is -2.24. The highest BCUT2D eigenvalue weighted by molar-refractivity contribution is 5.46. The first-order valence-electron chi connectivity index (χ1n) is 8.09. The fourth-order valence-electron chi connectivity index (χ4n) is 2.67. The fourth-order valence-corrected chi connectivity index (χ4v) is 2.67. The van der Waals surface area contributed by atoms with Gasteiger partial charge in [-0.15, -0.1) is 0 Å². The third-order valence-corrected chi connectivity index (χ3v) is 3.87. The van der Waals surface area contributed by atoms with E-state index in [0.717, 1.165) is 12.5 Å². The van der Waals surface area contributed by atoms with Gasteiger partial charge >= 0.3 is 0 Å². The van der Waals surface area contributed by atoms with E-state index < -0.39 is 0 Å². The van der Waals surface area contributed by atoms with Crippen LogP contribution in [0.1, 0.15) is 58.1 Å². The van der Waals surface area contributed by atoms with E-state index in [2.05, 4.69) is 69.3 Å². The molecule has 0 heterocycles. The van der Waals surface area contributed by atoms with Crippen LogP contribution in [0.4, 0.5) is 5.69 Å². The number of anilines is 1. The van der Waals surface area contributed by atoms with Gasteiger partial charge in [0.25, 0.3) is 0 Å². The lowest BCUT2D eigenvalue weighted by molar-refractivity contribution is 0.390. The highest BCUT2D eigenvalue weighted by atomic mass is 15.1. The second kappa shape index (κ2) is 9.02. The Bertz CT molecular complexity index is 356. The molecule has 2 atom stereocenters. The molecule has 0 aliphatic heterocycles. The van der Waals surface area contributed by atoms with Gasteiger partial charge in [0.15, 0.2) is 0 Å². The van der Waals surface area contributed by atoms with E-state index in [4.69, 9.17) is 0 Å². The number of nitrogens with one attached hydrogen (secondary N) is 1. The minimum absolute atomic E-state index is 0.493. The van der Waals surface area contributed by atoms with Crippen molar-refractivity contribution in [2.45, 2.75) is 52.5 Å². The summed E-state index contributed by atoms with van der Waals surface area (Å²) in [5.41, 5.74) is 2.69. The van der Waals surface area contributed by atoms with Crippen LogP contribution in [0.15, 0.2) is 24.3 Å². The standard InChI is InChI=1S/C18H32N2/c1-6-8-15(3)14-18(19-13-7-2)16-9-11-17(12-10-16)20(4)5/h9-12,15,18-19H,6-8,13-14H2,1-5H3. The maximum Gasteiger partial charge on any atom is 0.0361 e. The van der Waals surface area contributed by atoms with Crippen molar-refractivity contribution in [3.8, 4) is 0 Å². The molecule has 1 aromatic carbocycles. The lowest BCUT2D eigenvalue weighted by Gasteiger charge is -2.23. The number of hydrogen-bond acceptors (Lipinski definition) is 2. The first kappa shape index (κ1) is 17.0. The Kier molecular flexibility index (Phi) is 7.68. The van der Waals surface area contributed by atoms with Crippen molar-refractivity contribution in [3.05, 3.63) is 29.8 Å². The Balaban J connectivity index is 2.75. The molecule has 0 amide bonds. The topological polar surface area (TPSA) is 15.3 Å². The monoisotopic (exact) mass is 276 g/mol. The van der Waals surface area contributed by atoms with Crippen molar-refractivity contribution in [1.29, 1.82) is 0 Å². The number of rotatable bonds is 9. The lowest BCUT2D eigenvalue weighted by atomic mass is 9.92. The summed E-state index contributed by atoms with van der Waals surface area (Å²) in [7, 11) is 4.18. The summed E-state index contributed by atoms with van der Waals surface area (Å²) in [6, 6.07) is 9.50. The van der Waals surface area contributed by atoms with Crippen LogP contribution in [0.2, 0.25) is 0 Å². The zero-order valence-corrected chi connectivity index (χ0v) is 13.9. The minimum atomic E-state index is 0.493. The molecule has 0 aliphatic carbocycles. The first-order valence-corrected chi connectivity index (χ1v) is 8.09. The molecule has 20 heavy (non-hydrogen) atoms. The summed E-state index contributed by atoms with van der Waals surface area (Å²) in [6.07, 6.45) is 5.02. The number of hydrogen-bond donors (Lipinski definition) is 1. The molecule has 0 saturated carbocycles. The first-order chi connectivity index (χ1) is 9.58. The van der Waals surface area contributed by atoms with Crippen LogP contribution in [-0.2, 0) is 0 Å². The zero-order chi connectivity index (χ0) is 15.0. The normalized spacial score (nSPS) is 14.1. The molecular weight excluding hydrogens is 244 g/mol. The molecule has 0 fully saturated rings. The summed E-state index contributed by atoms with van der Waals surface area (Å²) in [6.45, 7) is 7.97. The summed E-state index contributed by atoms with van der Waals surface area (Å²) in [5.74, 6) is 0.780. The molecule has 2 nitrogen and oxygen atoms in total. The Morgan fingerprint density at radius 3 is 2.20 bits per heavy atom. The zero-order valence-electron chi connectivity index (χ0n) is 13.9. The van der Waals surface area contributed by atoms with Crippen LogP contribution >= 0.6 is 0 Å². The Morgan fingerprint density at radius 2 is 1.70 bits per heavy atom. The Hall–Kier alpha value is -1.02. The van der Waals surface area contributed by atoms with E-state index in [9.17, 15) is 0 Å². The molecule has 2 heteroatoms. The maximum absolute atomic E-state index is 3.71. The molecular formula is C18H32N2. The van der Waals surface area contributed by atoms with Gasteiger partial charge in [0, 0.05) is 25.8 Å². The SMILES string of the molecule is CCCNC(CC(C)CCC)c1ccc(N(C)C)cc1. The number of benzene rings is 1. The largest absolute Gasteiger partial charge is 0.378 e. The van der Waals surface area contributed by atoms with Crippen LogP contribution < -0.4 is 10.2 Å². The van der Waals surface area contributed by atoms with Crippen molar-refractivity contribution in [1.82, 2.24) is 5.32 Å². The van der Waals surface area contributed by atoms with Gasteiger partial charge < -0.3 is 10.2 Å². The third-order valence-electron chi connectivity index (χ3n) is 3.87. The van der Waals surface area contributed by atoms with E-state index in [1.807, 2.05) is 0 Å². The van der Waals surface area contributed by atoms with Crippen LogP contribution in [0.25, 0.3) is 0 Å². The third kappa shape index (κ3) is 5.54. The molecule has 1 N–H and O–H groups in total. The van der Waals surface area contributed by atoms with Crippen molar-refractivity contribution < 1.29 is 0 Å². The van der Waals surface area contributed by atoms with Gasteiger partial charge in [-0.3, -0.25) is 0 Å². The molecule has 0 radical (unpaired) electrons. The maximum atomic E-state index is 3.71. The smallest absolute Gasteiger partial charge is 0.0361 e. The van der Waals surface area contributed by atoms with Crippen LogP contribution in [0, 0.1) is 5.92 Å². The molecule has 1 aromatic rings. The molecule has 0 aliphatic rings. The highest BCUT2D eigenvalue weighted by Gasteiger charge is 2.14. The number of nitrogens with zero attached hydrogens (tertiary/aromatic N) is 1. The molecule has 0 aromatic heterocycles. The van der Waals surface area contributed by atoms with Gasteiger partial charge in [0.1, 0.15) is 0 Å². The Morgan fingerprint density at radius 1 is 1.05 bits per heavy atom. The highest BCUT2D eigenvalue weighted by Crippen LogP contribution is 2.25. The average Bonchev–Trinajstić information content (AvgIpc) is 2.44. The average molecular weight is 276 g/mol. The van der Waals surface area contributed by atoms with Crippen molar-refractivity contribution in [3.63, 3.8) is 0 Å². The molecule has 1 rings (SSSR count). The molecule has 114 valence electrons. The quantitative estimate of drug-likeness (QED) is 0.708. The van der Waals surface area contributed by atoms with Gasteiger partial charge in [-0.1, -0.05) is 45.7 Å². The second-order valence-corrected chi connectivity index (χ2v) is 6.12. The van der Waals surface area contributed by atoms with Crippen LogP contribution in [0.5, 0.6) is 0 Å². The summed E-state index contributed by atoms with van der Waals surface area (Å²) < 4.78 is 0. The summed E-state index contributed by atoms with van der Waals surface area (Å²) >= 11 is 0. The predicted octanol–water partition coefficient (Wildman–Crippen LogP) is 4.62. The van der Waals surface area contributed by atoms with Gasteiger partial charge in [0.2, 0.25) is 0 Å². The minimum Gasteiger partial charge on any atom is -0.378 e. The summed E-state index contributed by atoms with van der Waals surface area (Å²) in [5, 5.41) is 3.71. The summed E-state index contributed by atoms with van der Waals surface area (Å²) in [4.78, 5) is 2.15. The van der Waals surface area contributed by atoms with Crippen molar-refractivity contribution >= 4 is 5.69 Å². The second-order valence-electron chi connectivity index (χ2n) is 6.12. The molecule has 0 spiro atoms. The fraction of sp³-hybridized carbons (Fsp3) is 0.667. The van der Waals surface area contributed by atoms with Crippen LogP contribution in [0.3, 0.4) is 0 Å². The van der Waals surface area contributed by atoms with Gasteiger partial charge in [-0.2, -0.15) is 0 Å². The van der Waals surface area contributed by atoms with E-state index in [1.165, 1.54) is 36.9 Å². The van der Waals surface area contributed by atoms with Crippen molar-refractivity contribution in [2.24, 2.45) is 5.92 Å². The predicted molar refractivity (Wildman–Crippen MR) is 90.5 cm³/mol. The van der Waals surface area contributed by atoms with Crippen molar-refractivity contribution in [2.75, 3.05) is 25.5 Å². The van der Waals surface area contributed by atoms with Gasteiger partial charge in [-0.25, -0.2) is 0 Å². The van der Waals surface area contributed by atoms with Gasteiger partial charge in [-0.05, 0) is 43.0 Å². The van der Waals surface area contributed by atoms with Gasteiger partial charge in [0.05, 0.1) is 0 Å². The van der Waals surface area contributed by atoms with E-state index in [0.29, 0.717) is 6.04 Å². The Labute approximate surface area is 125 Å². The van der Waals surface area contributed by atoms with E-state index >= 15 is 0 Å². The van der Waals surface area contributed by atoms with Crippen LogP contribution in [-0.4, -0.2) is 20.6 Å². The molecule has 0 bridgehead atoms. The van der Waals surface area contributed by atoms with E-state index in [-0.39, 0.29) is 0 Å². The molecule has 2 unspecified atom stereocenters. The molecule has 0 saturated heterocycles.